The van der Waals surface area contributed by atoms with Crippen molar-refractivity contribution in [2.24, 2.45) is 7.05 Å². The molecule has 0 saturated heterocycles. The number of hydrogen-bond acceptors (Lipinski definition) is 3. The normalized spacial score (nSPS) is 13.8. The monoisotopic (exact) mass is 344 g/mol. The summed E-state index contributed by atoms with van der Waals surface area (Å²) >= 11 is 3.36. The lowest BCUT2D eigenvalue weighted by molar-refractivity contribution is -0.175. The molecule has 0 fully saturated rings. The van der Waals surface area contributed by atoms with Gasteiger partial charge in [0.2, 0.25) is 0 Å². The summed E-state index contributed by atoms with van der Waals surface area (Å²) in [5.41, 5.74) is 1.61. The van der Waals surface area contributed by atoms with Crippen LogP contribution >= 0.6 is 15.9 Å². The highest BCUT2D eigenvalue weighted by atomic mass is 79.9. The maximum Gasteiger partial charge on any atom is 0.411 e. The first-order valence-corrected chi connectivity index (χ1v) is 6.50. The fraction of sp³-hybridized carbons (Fsp3) is 0.727. The van der Waals surface area contributed by atoms with Gasteiger partial charge in [-0.05, 0) is 29.3 Å². The van der Waals surface area contributed by atoms with E-state index < -0.39 is 18.9 Å². The molecule has 1 aromatic rings. The molecule has 19 heavy (non-hydrogen) atoms. The van der Waals surface area contributed by atoms with Crippen molar-refractivity contribution in [1.82, 2.24) is 9.78 Å². The number of ether oxygens (including phenoxy) is 1. The van der Waals surface area contributed by atoms with Crippen molar-refractivity contribution in [1.29, 1.82) is 0 Å². The van der Waals surface area contributed by atoms with Gasteiger partial charge in [-0.1, -0.05) is 0 Å². The Morgan fingerprint density at radius 2 is 2.11 bits per heavy atom. The molecule has 0 aliphatic rings. The Kier molecular flexibility index (Phi) is 5.82. The number of hydrogen-bond donors (Lipinski definition) is 1. The van der Waals surface area contributed by atoms with Crippen LogP contribution in [0.25, 0.3) is 0 Å². The molecule has 1 atom stereocenters. The fourth-order valence-electron chi connectivity index (χ4n) is 1.63. The molecule has 0 radical (unpaired) electrons. The zero-order valence-electron chi connectivity index (χ0n) is 10.7. The van der Waals surface area contributed by atoms with E-state index in [0.29, 0.717) is 6.42 Å². The molecule has 0 aromatic carbocycles. The van der Waals surface area contributed by atoms with Crippen LogP contribution in [-0.2, 0) is 18.2 Å². The lowest BCUT2D eigenvalue weighted by Crippen LogP contribution is -2.20. The Morgan fingerprint density at radius 1 is 1.47 bits per heavy atom. The van der Waals surface area contributed by atoms with Crippen molar-refractivity contribution >= 4 is 15.9 Å². The van der Waals surface area contributed by atoms with Gasteiger partial charge in [0.15, 0.2) is 0 Å². The highest BCUT2D eigenvalue weighted by Gasteiger charge is 2.27. The maximum absolute atomic E-state index is 11.8. The van der Waals surface area contributed by atoms with E-state index in [1.807, 2.05) is 6.92 Å². The van der Waals surface area contributed by atoms with Crippen molar-refractivity contribution in [3.05, 3.63) is 15.9 Å². The van der Waals surface area contributed by atoms with Gasteiger partial charge >= 0.3 is 6.18 Å². The molecule has 1 N–H and O–H groups in total. The summed E-state index contributed by atoms with van der Waals surface area (Å²) in [6.07, 6.45) is -4.63. The minimum atomic E-state index is -4.33. The van der Waals surface area contributed by atoms with Gasteiger partial charge in [-0.15, -0.1) is 0 Å². The van der Waals surface area contributed by atoms with E-state index in [4.69, 9.17) is 0 Å². The van der Waals surface area contributed by atoms with Crippen LogP contribution in [0.2, 0.25) is 0 Å². The molecule has 110 valence electrons. The molecule has 1 aromatic heterocycles. The first-order valence-electron chi connectivity index (χ1n) is 5.71. The molecule has 8 heteroatoms. The van der Waals surface area contributed by atoms with Crippen molar-refractivity contribution in [2.75, 3.05) is 13.2 Å². The van der Waals surface area contributed by atoms with E-state index >= 15 is 0 Å². The Bertz CT molecular complexity index is 421. The van der Waals surface area contributed by atoms with Crippen LogP contribution in [0, 0.1) is 6.92 Å². The Balaban J connectivity index is 2.37. The topological polar surface area (TPSA) is 47.3 Å². The highest BCUT2D eigenvalue weighted by Crippen LogP contribution is 2.22. The molecule has 0 saturated carbocycles. The third kappa shape index (κ3) is 5.50. The number of nitrogens with zero attached hydrogens (tertiary/aromatic N) is 2. The fourth-order valence-corrected chi connectivity index (χ4v) is 2.13. The van der Waals surface area contributed by atoms with Crippen LogP contribution in [0.3, 0.4) is 0 Å². The Hall–Kier alpha value is -0.600. The van der Waals surface area contributed by atoms with E-state index in [2.05, 4.69) is 25.8 Å². The van der Waals surface area contributed by atoms with Gasteiger partial charge in [-0.2, -0.15) is 18.3 Å². The molecule has 1 unspecified atom stereocenters. The molecule has 0 aliphatic heterocycles. The third-order valence-corrected chi connectivity index (χ3v) is 3.58. The zero-order valence-corrected chi connectivity index (χ0v) is 12.3. The maximum atomic E-state index is 11.8. The Morgan fingerprint density at radius 3 is 2.58 bits per heavy atom. The summed E-state index contributed by atoms with van der Waals surface area (Å²) < 4.78 is 42.4. The zero-order chi connectivity index (χ0) is 14.6. The molecular formula is C11H16BrF3N2O2. The molecule has 0 spiro atoms. The largest absolute Gasteiger partial charge is 0.411 e. The second kappa shape index (κ2) is 6.71. The summed E-state index contributed by atoms with van der Waals surface area (Å²) in [5.74, 6) is 0. The van der Waals surface area contributed by atoms with E-state index in [1.165, 1.54) is 0 Å². The number of aliphatic hydroxyl groups excluding tert-OH is 1. The van der Waals surface area contributed by atoms with Crippen LogP contribution < -0.4 is 0 Å². The van der Waals surface area contributed by atoms with Crippen molar-refractivity contribution < 1.29 is 23.0 Å². The molecule has 0 bridgehead atoms. The number of halogens is 4. The van der Waals surface area contributed by atoms with Gasteiger partial charge in [0.05, 0.1) is 22.0 Å². The Labute approximate surface area is 117 Å². The van der Waals surface area contributed by atoms with Gasteiger partial charge in [-0.25, -0.2) is 0 Å². The number of aryl methyl sites for hydroxylation is 2. The van der Waals surface area contributed by atoms with E-state index in [1.54, 1.807) is 11.7 Å². The molecule has 1 rings (SSSR count). The molecule has 4 nitrogen and oxygen atoms in total. The lowest BCUT2D eigenvalue weighted by Gasteiger charge is -2.12. The second-order valence-electron chi connectivity index (χ2n) is 4.28. The SMILES string of the molecule is Cc1nn(C)c(CC(O)CCOCC(F)(F)F)c1Br. The quantitative estimate of drug-likeness (QED) is 0.806. The van der Waals surface area contributed by atoms with Crippen LogP contribution in [0.4, 0.5) is 13.2 Å². The first-order chi connectivity index (χ1) is 8.70. The van der Waals surface area contributed by atoms with Gasteiger partial charge in [0, 0.05) is 20.1 Å². The lowest BCUT2D eigenvalue weighted by atomic mass is 10.1. The number of rotatable bonds is 6. The first kappa shape index (κ1) is 16.5. The molecular weight excluding hydrogens is 329 g/mol. The minimum absolute atomic E-state index is 0.130. The standard InChI is InChI=1S/C11H16BrF3N2O2/c1-7-10(12)9(17(2)16-7)5-8(18)3-4-19-6-11(13,14)15/h8,18H,3-6H2,1-2H3. The van der Waals surface area contributed by atoms with Gasteiger partial charge in [0.25, 0.3) is 0 Å². The second-order valence-corrected chi connectivity index (χ2v) is 5.08. The van der Waals surface area contributed by atoms with Gasteiger partial charge in [0.1, 0.15) is 6.61 Å². The molecule has 1 heterocycles. The average Bonchev–Trinajstić information content (AvgIpc) is 2.50. The predicted octanol–water partition coefficient (Wildman–Crippen LogP) is 2.36. The van der Waals surface area contributed by atoms with Gasteiger partial charge < -0.3 is 9.84 Å². The summed E-state index contributed by atoms with van der Waals surface area (Å²) in [6, 6.07) is 0. The summed E-state index contributed by atoms with van der Waals surface area (Å²) in [5, 5.41) is 13.9. The third-order valence-electron chi connectivity index (χ3n) is 2.55. The van der Waals surface area contributed by atoms with Gasteiger partial charge in [-0.3, -0.25) is 4.68 Å². The smallest absolute Gasteiger partial charge is 0.393 e. The van der Waals surface area contributed by atoms with E-state index in [9.17, 15) is 18.3 Å². The predicted molar refractivity (Wildman–Crippen MR) is 66.8 cm³/mol. The molecule has 0 amide bonds. The summed E-state index contributed by atoms with van der Waals surface area (Å²) in [6.45, 7) is 0.412. The minimum Gasteiger partial charge on any atom is -0.393 e. The molecule has 0 aliphatic carbocycles. The van der Waals surface area contributed by atoms with Crippen LogP contribution in [0.15, 0.2) is 4.47 Å². The van der Waals surface area contributed by atoms with E-state index in [-0.39, 0.29) is 13.0 Å². The average molecular weight is 345 g/mol. The highest BCUT2D eigenvalue weighted by molar-refractivity contribution is 9.10. The van der Waals surface area contributed by atoms with E-state index in [0.717, 1.165) is 15.9 Å². The number of aromatic nitrogens is 2. The van der Waals surface area contributed by atoms with Crippen molar-refractivity contribution in [2.45, 2.75) is 32.0 Å². The van der Waals surface area contributed by atoms with Crippen molar-refractivity contribution in [3.8, 4) is 0 Å². The summed E-state index contributed by atoms with van der Waals surface area (Å²) in [7, 11) is 1.75. The van der Waals surface area contributed by atoms with Crippen LogP contribution in [0.1, 0.15) is 17.8 Å². The number of aliphatic hydroxyl groups is 1. The van der Waals surface area contributed by atoms with Crippen LogP contribution in [-0.4, -0.2) is 40.4 Å². The van der Waals surface area contributed by atoms with Crippen LogP contribution in [0.5, 0.6) is 0 Å². The van der Waals surface area contributed by atoms with Crippen molar-refractivity contribution in [3.63, 3.8) is 0 Å². The summed E-state index contributed by atoms with van der Waals surface area (Å²) in [4.78, 5) is 0. The number of alkyl halides is 3.